The number of anilines is 3. The minimum atomic E-state index is -3.64. The van der Waals surface area contributed by atoms with Crippen molar-refractivity contribution < 1.29 is 13.7 Å². The third kappa shape index (κ3) is 4.33. The van der Waals surface area contributed by atoms with Crippen LogP contribution in [0.3, 0.4) is 0 Å². The molecule has 0 saturated carbocycles. The van der Waals surface area contributed by atoms with Gasteiger partial charge in [-0.2, -0.15) is 0 Å². The molecule has 0 unspecified atom stereocenters. The molecule has 0 aliphatic carbocycles. The van der Waals surface area contributed by atoms with Crippen LogP contribution < -0.4 is 52.6 Å². The van der Waals surface area contributed by atoms with E-state index in [-0.39, 0.29) is 17.8 Å². The van der Waals surface area contributed by atoms with Crippen LogP contribution >= 0.6 is 21.4 Å². The predicted octanol–water partition coefficient (Wildman–Crippen LogP) is 8.39. The van der Waals surface area contributed by atoms with Crippen LogP contribution in [0.2, 0.25) is 0 Å². The topological polar surface area (TPSA) is 54.5 Å². The molecular weight excluding hydrogens is 695 g/mol. The molecule has 3 aliphatic rings. The summed E-state index contributed by atoms with van der Waals surface area (Å²) in [5.74, 6) is 0.271. The fourth-order valence-corrected chi connectivity index (χ4v) is 18.1. The van der Waals surface area contributed by atoms with Gasteiger partial charge in [-0.15, -0.1) is 0 Å². The van der Waals surface area contributed by atoms with Crippen molar-refractivity contribution in [2.75, 3.05) is 4.90 Å². The highest BCUT2D eigenvalue weighted by molar-refractivity contribution is 7.89. The van der Waals surface area contributed by atoms with Crippen molar-refractivity contribution in [3.05, 3.63) is 144 Å². The zero-order chi connectivity index (χ0) is 36.3. The average molecular weight is 738 g/mol. The summed E-state index contributed by atoms with van der Waals surface area (Å²) < 4.78 is 50.4. The second-order valence-corrected chi connectivity index (χ2v) is 23.5. The lowest BCUT2D eigenvalue weighted by Gasteiger charge is -2.50. The molecule has 0 fully saturated rings. The summed E-state index contributed by atoms with van der Waals surface area (Å²) in [7, 11) is -10.9. The van der Waals surface area contributed by atoms with Gasteiger partial charge in [0.15, 0.2) is 21.4 Å². The van der Waals surface area contributed by atoms with Crippen molar-refractivity contribution in [3.8, 4) is 0 Å². The van der Waals surface area contributed by atoms with E-state index in [0.29, 0.717) is 31.8 Å². The van der Waals surface area contributed by atoms with E-state index in [4.69, 9.17) is 0 Å². The summed E-state index contributed by atoms with van der Waals surface area (Å²) in [4.78, 5) is 2.23. The van der Waals surface area contributed by atoms with Gasteiger partial charge in [0.2, 0.25) is 0 Å². The highest BCUT2D eigenvalue weighted by Crippen LogP contribution is 2.65. The Morgan fingerprint density at radius 3 is 0.769 bits per heavy atom. The van der Waals surface area contributed by atoms with Gasteiger partial charge in [-0.25, -0.2) is 0 Å². The molecule has 6 aromatic rings. The Kier molecular flexibility index (Phi) is 7.54. The number of rotatable bonds is 6. The molecule has 0 aromatic heterocycles. The summed E-state index contributed by atoms with van der Waals surface area (Å²) in [6, 6.07) is 42.1. The fraction of sp³-hybridized carbons (Fsp3) is 0.200. The Morgan fingerprint density at radius 2 is 0.577 bits per heavy atom. The van der Waals surface area contributed by atoms with Crippen LogP contribution in [-0.4, -0.2) is 0 Å². The van der Waals surface area contributed by atoms with Crippen molar-refractivity contribution in [1.29, 1.82) is 0 Å². The molecule has 3 aliphatic heterocycles. The third-order valence-electron chi connectivity index (χ3n) is 11.3. The molecule has 6 aromatic carbocycles. The fourth-order valence-electron chi connectivity index (χ4n) is 8.48. The molecule has 9 rings (SSSR count). The lowest BCUT2D eigenvalue weighted by atomic mass is 9.99. The van der Waals surface area contributed by atoms with E-state index in [2.05, 4.69) is 82.8 Å². The largest absolute Gasteiger partial charge is 0.308 e. The minimum Gasteiger partial charge on any atom is -0.308 e. The van der Waals surface area contributed by atoms with E-state index in [1.165, 1.54) is 0 Å². The van der Waals surface area contributed by atoms with Gasteiger partial charge in [0.25, 0.3) is 0 Å². The van der Waals surface area contributed by atoms with E-state index < -0.39 is 21.4 Å². The molecule has 0 saturated heterocycles. The van der Waals surface area contributed by atoms with Gasteiger partial charge in [0, 0.05) is 47.7 Å². The number of hydrogen-bond donors (Lipinski definition) is 0. The lowest BCUT2D eigenvalue weighted by Crippen LogP contribution is -2.53. The maximum absolute atomic E-state index is 16.8. The molecule has 52 heavy (non-hydrogen) atoms. The first-order valence-electron chi connectivity index (χ1n) is 18.3. The van der Waals surface area contributed by atoms with Gasteiger partial charge < -0.3 is 18.6 Å². The average Bonchev–Trinajstić information content (AvgIpc) is 3.17. The second kappa shape index (κ2) is 11.7. The molecule has 3 heterocycles. The Morgan fingerprint density at radius 1 is 0.365 bits per heavy atom. The van der Waals surface area contributed by atoms with E-state index in [1.54, 1.807) is 0 Å². The Hall–Kier alpha value is -4.19. The first-order chi connectivity index (χ1) is 24.9. The van der Waals surface area contributed by atoms with Crippen LogP contribution in [-0.2, 0) is 13.7 Å². The first-order valence-corrected chi connectivity index (χ1v) is 23.4. The zero-order valence-corrected chi connectivity index (χ0v) is 33.1. The number of hydrogen-bond acceptors (Lipinski definition) is 4. The van der Waals surface area contributed by atoms with Gasteiger partial charge in [0.05, 0.1) is 17.1 Å². The van der Waals surface area contributed by atoms with E-state index in [9.17, 15) is 0 Å². The molecule has 0 amide bonds. The van der Waals surface area contributed by atoms with E-state index in [1.807, 2.05) is 91.0 Å². The smallest absolute Gasteiger partial charge is 0.175 e. The number of benzene rings is 6. The van der Waals surface area contributed by atoms with Gasteiger partial charge in [-0.1, -0.05) is 133 Å². The molecule has 260 valence electrons. The van der Waals surface area contributed by atoms with Gasteiger partial charge >= 0.3 is 0 Å². The van der Waals surface area contributed by atoms with Crippen molar-refractivity contribution >= 4 is 86.2 Å². The Bertz CT molecular complexity index is 2220. The lowest BCUT2D eigenvalue weighted by molar-refractivity contribution is 0.592. The first kappa shape index (κ1) is 33.6. The van der Waals surface area contributed by atoms with Crippen LogP contribution in [0.4, 0.5) is 17.1 Å². The summed E-state index contributed by atoms with van der Waals surface area (Å²) in [6.45, 7) is 12.9. The molecular formula is C45H42NO3P3. The summed E-state index contributed by atoms with van der Waals surface area (Å²) in [5.41, 5.74) is 5.17. The molecule has 0 radical (unpaired) electrons. The normalized spacial score (nSPS) is 22.2. The monoisotopic (exact) mass is 737 g/mol. The van der Waals surface area contributed by atoms with Crippen molar-refractivity contribution in [1.82, 2.24) is 0 Å². The van der Waals surface area contributed by atoms with Crippen molar-refractivity contribution in [2.45, 2.75) is 59.3 Å². The standard InChI is InChI=1S/C45H42NO3P3/c1-28(2)31-22-37-43-38(23-31)51(48,35-18-12-8-13-19-35)40-25-33(30(5)6)27-42-45(40)46(43)44-39(50(37,47)34-16-10-7-11-17-34)24-32(29(3)4)26-41(44)52(42,49)36-20-14-9-15-21-36/h7-30H,1-6H3. The summed E-state index contributed by atoms with van der Waals surface area (Å²) in [6.07, 6.45) is 0. The highest BCUT2D eigenvalue weighted by Gasteiger charge is 2.56. The number of nitrogens with zero attached hydrogens (tertiary/aromatic N) is 1. The zero-order valence-electron chi connectivity index (χ0n) is 30.4. The highest BCUT2D eigenvalue weighted by atomic mass is 31.2. The predicted molar refractivity (Wildman–Crippen MR) is 222 cm³/mol. The Balaban J connectivity index is 1.59. The van der Waals surface area contributed by atoms with E-state index >= 15 is 13.7 Å². The summed E-state index contributed by atoms with van der Waals surface area (Å²) >= 11 is 0. The van der Waals surface area contributed by atoms with Crippen LogP contribution in [0.1, 0.15) is 76.0 Å². The molecule has 0 spiro atoms. The van der Waals surface area contributed by atoms with Crippen molar-refractivity contribution in [2.24, 2.45) is 0 Å². The molecule has 0 bridgehead atoms. The molecule has 7 heteroatoms. The Labute approximate surface area is 307 Å². The van der Waals surface area contributed by atoms with Gasteiger partial charge in [0.1, 0.15) is 0 Å². The second-order valence-electron chi connectivity index (χ2n) is 15.4. The van der Waals surface area contributed by atoms with Gasteiger partial charge in [-0.3, -0.25) is 0 Å². The maximum Gasteiger partial charge on any atom is 0.175 e. The molecule has 0 N–H and O–H groups in total. The molecule has 4 nitrogen and oxygen atoms in total. The minimum absolute atomic E-state index is 0.0903. The van der Waals surface area contributed by atoms with Gasteiger partial charge in [-0.05, 0) is 70.8 Å². The van der Waals surface area contributed by atoms with Crippen LogP contribution in [0.15, 0.2) is 127 Å². The van der Waals surface area contributed by atoms with E-state index in [0.717, 1.165) is 49.7 Å². The SMILES string of the molecule is CC(C)c1cc2c3c(c1)P(=O)(c1ccccc1)c1cc(C(C)C)cc4c1N3c1c(cc(C(C)C)cc1P4(=O)c1ccccc1)P2(=O)c1ccccc1. The molecule has 0 atom stereocenters. The van der Waals surface area contributed by atoms with Crippen LogP contribution in [0.25, 0.3) is 0 Å². The summed E-state index contributed by atoms with van der Waals surface area (Å²) in [5, 5.41) is 6.39. The van der Waals surface area contributed by atoms with Crippen LogP contribution in [0.5, 0.6) is 0 Å². The third-order valence-corrected chi connectivity index (χ3v) is 20.5. The van der Waals surface area contributed by atoms with Crippen molar-refractivity contribution in [3.63, 3.8) is 0 Å². The van der Waals surface area contributed by atoms with Crippen LogP contribution in [0, 0.1) is 0 Å². The quantitative estimate of drug-likeness (QED) is 0.161. The maximum atomic E-state index is 16.8.